The van der Waals surface area contributed by atoms with Gasteiger partial charge in [-0.3, -0.25) is 10.1 Å². The highest BCUT2D eigenvalue weighted by Crippen LogP contribution is 2.32. The molecule has 0 bridgehead atoms. The lowest BCUT2D eigenvalue weighted by atomic mass is 10.2. The van der Waals surface area contributed by atoms with Crippen molar-refractivity contribution in [3.63, 3.8) is 0 Å². The van der Waals surface area contributed by atoms with Crippen LogP contribution in [0.2, 0.25) is 0 Å². The molecule has 0 saturated heterocycles. The second kappa shape index (κ2) is 5.86. The van der Waals surface area contributed by atoms with Crippen LogP contribution in [-0.2, 0) is 0 Å². The summed E-state index contributed by atoms with van der Waals surface area (Å²) in [6, 6.07) is 6.92. The Morgan fingerprint density at radius 3 is 2.62 bits per heavy atom. The summed E-state index contributed by atoms with van der Waals surface area (Å²) >= 11 is 1.51. The van der Waals surface area contributed by atoms with Crippen LogP contribution in [0.25, 0.3) is 0 Å². The summed E-state index contributed by atoms with van der Waals surface area (Å²) in [5.74, 6) is 0. The number of rotatable bonds is 5. The van der Waals surface area contributed by atoms with E-state index in [1.165, 1.54) is 17.8 Å². The second-order valence-electron chi connectivity index (χ2n) is 3.87. The normalized spacial score (nSPS) is 14.4. The quantitative estimate of drug-likeness (QED) is 0.488. The fraction of sp³-hybridized carbons (Fsp3) is 0.455. The van der Waals surface area contributed by atoms with Gasteiger partial charge in [-0.05, 0) is 19.4 Å². The molecule has 0 radical (unpaired) electrons. The lowest BCUT2D eigenvalue weighted by Crippen LogP contribution is -2.19. The summed E-state index contributed by atoms with van der Waals surface area (Å²) in [5, 5.41) is 11.1. The minimum atomic E-state index is -0.346. The Kier molecular flexibility index (Phi) is 4.76. The Balaban J connectivity index is 2.76. The van der Waals surface area contributed by atoms with Crippen molar-refractivity contribution in [2.75, 3.05) is 0 Å². The van der Waals surface area contributed by atoms with E-state index in [9.17, 15) is 10.1 Å². The van der Waals surface area contributed by atoms with Gasteiger partial charge in [-0.15, -0.1) is 11.8 Å². The van der Waals surface area contributed by atoms with Gasteiger partial charge in [-0.1, -0.05) is 19.1 Å². The Hall–Kier alpha value is -1.07. The van der Waals surface area contributed by atoms with Crippen LogP contribution < -0.4 is 5.73 Å². The first kappa shape index (κ1) is 13.0. The van der Waals surface area contributed by atoms with Crippen molar-refractivity contribution < 1.29 is 4.92 Å². The Labute approximate surface area is 99.4 Å². The monoisotopic (exact) mass is 240 g/mol. The summed E-state index contributed by atoms with van der Waals surface area (Å²) < 4.78 is 0. The predicted octanol–water partition coefficient (Wildman–Crippen LogP) is 2.81. The van der Waals surface area contributed by atoms with Crippen molar-refractivity contribution in [1.82, 2.24) is 0 Å². The van der Waals surface area contributed by atoms with Crippen molar-refractivity contribution in [2.24, 2.45) is 5.73 Å². The van der Waals surface area contributed by atoms with Gasteiger partial charge in [0, 0.05) is 17.4 Å². The van der Waals surface area contributed by atoms with Gasteiger partial charge in [-0.25, -0.2) is 0 Å². The molecule has 2 atom stereocenters. The van der Waals surface area contributed by atoms with Crippen LogP contribution in [0.4, 0.5) is 5.69 Å². The largest absolute Gasteiger partial charge is 0.328 e. The molecule has 16 heavy (non-hydrogen) atoms. The highest BCUT2D eigenvalue weighted by molar-refractivity contribution is 8.00. The zero-order chi connectivity index (χ0) is 12.1. The van der Waals surface area contributed by atoms with Crippen molar-refractivity contribution in [1.29, 1.82) is 0 Å². The number of para-hydroxylation sites is 1. The van der Waals surface area contributed by atoms with Crippen LogP contribution in [0.5, 0.6) is 0 Å². The van der Waals surface area contributed by atoms with E-state index in [2.05, 4.69) is 0 Å². The fourth-order valence-corrected chi connectivity index (χ4v) is 2.75. The van der Waals surface area contributed by atoms with E-state index in [0.717, 1.165) is 6.42 Å². The molecule has 1 aromatic carbocycles. The minimum Gasteiger partial charge on any atom is -0.328 e. The number of nitro benzene ring substituents is 1. The van der Waals surface area contributed by atoms with Crippen molar-refractivity contribution in [2.45, 2.75) is 36.5 Å². The molecule has 0 aliphatic rings. The average Bonchev–Trinajstić information content (AvgIpc) is 2.16. The maximum absolute atomic E-state index is 10.8. The lowest BCUT2D eigenvalue weighted by molar-refractivity contribution is -0.387. The van der Waals surface area contributed by atoms with E-state index in [1.807, 2.05) is 19.9 Å². The van der Waals surface area contributed by atoms with Gasteiger partial charge >= 0.3 is 0 Å². The Morgan fingerprint density at radius 2 is 2.06 bits per heavy atom. The molecule has 5 heteroatoms. The van der Waals surface area contributed by atoms with E-state index in [1.54, 1.807) is 12.1 Å². The lowest BCUT2D eigenvalue weighted by Gasteiger charge is -2.13. The smallest absolute Gasteiger partial charge is 0.282 e. The van der Waals surface area contributed by atoms with E-state index < -0.39 is 0 Å². The topological polar surface area (TPSA) is 69.2 Å². The molecule has 88 valence electrons. The third-order valence-electron chi connectivity index (χ3n) is 2.09. The molecule has 0 aliphatic carbocycles. The highest BCUT2D eigenvalue weighted by atomic mass is 32.2. The van der Waals surface area contributed by atoms with Gasteiger partial charge in [0.25, 0.3) is 5.69 Å². The number of thioether (sulfide) groups is 1. The number of nitrogens with zero attached hydrogens (tertiary/aromatic N) is 1. The van der Waals surface area contributed by atoms with E-state index in [-0.39, 0.29) is 21.9 Å². The number of hydrogen-bond donors (Lipinski definition) is 1. The molecule has 2 N–H and O–H groups in total. The third kappa shape index (κ3) is 3.83. The standard InChI is InChI=1S/C11H16N2O2S/c1-8(12)7-9(2)16-11-6-4-3-5-10(11)13(14)15/h3-6,8-9H,7,12H2,1-2H3. The van der Waals surface area contributed by atoms with Crippen LogP contribution >= 0.6 is 11.8 Å². The second-order valence-corrected chi connectivity index (χ2v) is 5.35. The van der Waals surface area contributed by atoms with Gasteiger partial charge in [0.1, 0.15) is 0 Å². The molecule has 0 spiro atoms. The summed E-state index contributed by atoms with van der Waals surface area (Å²) in [6.07, 6.45) is 0.844. The molecule has 0 heterocycles. The summed E-state index contributed by atoms with van der Waals surface area (Å²) in [7, 11) is 0. The number of benzene rings is 1. The maximum atomic E-state index is 10.8. The maximum Gasteiger partial charge on any atom is 0.282 e. The molecule has 0 saturated carbocycles. The van der Waals surface area contributed by atoms with Gasteiger partial charge in [0.05, 0.1) is 9.82 Å². The van der Waals surface area contributed by atoms with Crippen LogP contribution in [0, 0.1) is 10.1 Å². The molecular formula is C11H16N2O2S. The van der Waals surface area contributed by atoms with Crippen LogP contribution in [-0.4, -0.2) is 16.2 Å². The first-order chi connectivity index (χ1) is 7.50. The first-order valence-corrected chi connectivity index (χ1v) is 6.04. The number of nitro groups is 1. The Morgan fingerprint density at radius 1 is 1.44 bits per heavy atom. The van der Waals surface area contributed by atoms with Crippen LogP contribution in [0.3, 0.4) is 0 Å². The van der Waals surface area contributed by atoms with Gasteiger partial charge < -0.3 is 5.73 Å². The van der Waals surface area contributed by atoms with Gasteiger partial charge in [-0.2, -0.15) is 0 Å². The molecule has 0 fully saturated rings. The first-order valence-electron chi connectivity index (χ1n) is 5.16. The highest BCUT2D eigenvalue weighted by Gasteiger charge is 2.16. The zero-order valence-corrected chi connectivity index (χ0v) is 10.2. The zero-order valence-electron chi connectivity index (χ0n) is 9.42. The number of hydrogen-bond acceptors (Lipinski definition) is 4. The van der Waals surface area contributed by atoms with Gasteiger partial charge in [0.2, 0.25) is 0 Å². The molecular weight excluding hydrogens is 224 g/mol. The fourth-order valence-electron chi connectivity index (χ4n) is 1.50. The molecule has 0 amide bonds. The molecule has 2 unspecified atom stereocenters. The van der Waals surface area contributed by atoms with E-state index in [0.29, 0.717) is 4.90 Å². The average molecular weight is 240 g/mol. The summed E-state index contributed by atoms with van der Waals surface area (Å²) in [4.78, 5) is 11.2. The number of nitrogens with two attached hydrogens (primary N) is 1. The Bertz CT molecular complexity index is 369. The van der Waals surface area contributed by atoms with Crippen molar-refractivity contribution in [3.05, 3.63) is 34.4 Å². The third-order valence-corrected chi connectivity index (χ3v) is 3.29. The summed E-state index contributed by atoms with van der Waals surface area (Å²) in [6.45, 7) is 3.97. The van der Waals surface area contributed by atoms with Crippen LogP contribution in [0.1, 0.15) is 20.3 Å². The van der Waals surface area contributed by atoms with E-state index >= 15 is 0 Å². The molecule has 0 aromatic heterocycles. The van der Waals surface area contributed by atoms with Crippen molar-refractivity contribution >= 4 is 17.4 Å². The predicted molar refractivity (Wildman–Crippen MR) is 66.7 cm³/mol. The van der Waals surface area contributed by atoms with Crippen molar-refractivity contribution in [3.8, 4) is 0 Å². The SMILES string of the molecule is CC(N)CC(C)Sc1ccccc1[N+](=O)[O-]. The minimum absolute atomic E-state index is 0.116. The van der Waals surface area contributed by atoms with E-state index in [4.69, 9.17) is 5.73 Å². The van der Waals surface area contributed by atoms with Gasteiger partial charge in [0.15, 0.2) is 0 Å². The summed E-state index contributed by atoms with van der Waals surface area (Å²) in [5.41, 5.74) is 5.87. The molecule has 4 nitrogen and oxygen atoms in total. The molecule has 1 rings (SSSR count). The van der Waals surface area contributed by atoms with Crippen LogP contribution in [0.15, 0.2) is 29.2 Å². The molecule has 1 aromatic rings. The molecule has 0 aliphatic heterocycles.